The van der Waals surface area contributed by atoms with Gasteiger partial charge in [-0.3, -0.25) is 9.59 Å². The van der Waals surface area contributed by atoms with Crippen molar-refractivity contribution >= 4 is 75.5 Å². The van der Waals surface area contributed by atoms with Crippen molar-refractivity contribution in [1.29, 1.82) is 0 Å². The van der Waals surface area contributed by atoms with Crippen molar-refractivity contribution in [2.24, 2.45) is 5.73 Å². The average Bonchev–Trinajstić information content (AvgIpc) is 2.63. The van der Waals surface area contributed by atoms with Crippen LogP contribution in [0.3, 0.4) is 0 Å². The number of benzene rings is 2. The number of carbonyl (C=O) groups is 2. The van der Waals surface area contributed by atoms with Gasteiger partial charge in [-0.05, 0) is 69.3 Å². The maximum absolute atomic E-state index is 12.9. The number of hydrogen-bond acceptors (Lipinski definition) is 4. The van der Waals surface area contributed by atoms with Gasteiger partial charge in [0.1, 0.15) is 6.04 Å². The Balaban J connectivity index is 2.53. The Labute approximate surface area is 179 Å². The molecule has 2 aromatic carbocycles. The van der Waals surface area contributed by atoms with Crippen molar-refractivity contribution in [3.8, 4) is 0 Å². The van der Waals surface area contributed by atoms with Gasteiger partial charge in [-0.1, -0.05) is 30.3 Å². The molecular weight excluding hydrogens is 586 g/mol. The standard InChI is InChI=1S/C17H13Br4NO3/c1-25-17(24)10(22)7-9-12(18)14(20)11(15(21)13(9)19)16(23)8-5-3-2-4-6-8/h2-6,10H,7,22H2,1H3. The number of rotatable bonds is 5. The van der Waals surface area contributed by atoms with Crippen LogP contribution in [0.25, 0.3) is 0 Å². The molecule has 0 saturated carbocycles. The summed E-state index contributed by atoms with van der Waals surface area (Å²) in [6.07, 6.45) is 0.241. The Morgan fingerprint density at radius 2 is 1.52 bits per heavy atom. The summed E-state index contributed by atoms with van der Waals surface area (Å²) in [4.78, 5) is 24.5. The summed E-state index contributed by atoms with van der Waals surface area (Å²) in [5.74, 6) is -0.639. The molecular formula is C17H13Br4NO3. The van der Waals surface area contributed by atoms with Crippen molar-refractivity contribution in [1.82, 2.24) is 0 Å². The van der Waals surface area contributed by atoms with Gasteiger partial charge < -0.3 is 10.5 Å². The van der Waals surface area contributed by atoms with Crippen molar-refractivity contribution < 1.29 is 14.3 Å². The van der Waals surface area contributed by atoms with Crippen LogP contribution in [0, 0.1) is 0 Å². The fraction of sp³-hybridized carbons (Fsp3) is 0.176. The molecule has 8 heteroatoms. The number of methoxy groups -OCH3 is 1. The minimum absolute atomic E-state index is 0.135. The van der Waals surface area contributed by atoms with Gasteiger partial charge in [-0.2, -0.15) is 0 Å². The molecule has 1 atom stereocenters. The molecule has 0 aliphatic carbocycles. The normalized spacial score (nSPS) is 11.9. The summed E-state index contributed by atoms with van der Waals surface area (Å²) in [6, 6.07) is 8.16. The minimum Gasteiger partial charge on any atom is -0.468 e. The fourth-order valence-corrected chi connectivity index (χ4v) is 5.13. The summed E-state index contributed by atoms with van der Waals surface area (Å²) in [6.45, 7) is 0. The van der Waals surface area contributed by atoms with Crippen molar-refractivity contribution in [2.45, 2.75) is 12.5 Å². The SMILES string of the molecule is COC(=O)C(N)Cc1c(Br)c(Br)c(C(=O)c2ccccc2)c(Br)c1Br. The summed E-state index contributed by atoms with van der Waals surface area (Å²) in [7, 11) is 1.29. The number of ketones is 1. The lowest BCUT2D eigenvalue weighted by molar-refractivity contribution is -0.142. The molecule has 0 aliphatic heterocycles. The van der Waals surface area contributed by atoms with Gasteiger partial charge in [0, 0.05) is 29.9 Å². The number of esters is 1. The molecule has 2 aromatic rings. The van der Waals surface area contributed by atoms with Crippen LogP contribution < -0.4 is 5.73 Å². The van der Waals surface area contributed by atoms with Gasteiger partial charge in [0.25, 0.3) is 0 Å². The van der Waals surface area contributed by atoms with Crippen LogP contribution in [0.2, 0.25) is 0 Å². The summed E-state index contributed by atoms with van der Waals surface area (Å²) >= 11 is 14.0. The van der Waals surface area contributed by atoms with Crippen LogP contribution in [0.1, 0.15) is 21.5 Å². The molecule has 0 spiro atoms. The highest BCUT2D eigenvalue weighted by Crippen LogP contribution is 2.43. The molecule has 2 N–H and O–H groups in total. The number of ether oxygens (including phenoxy) is 1. The third kappa shape index (κ3) is 4.42. The Morgan fingerprint density at radius 3 is 2.00 bits per heavy atom. The first-order chi connectivity index (χ1) is 11.8. The minimum atomic E-state index is -0.813. The highest BCUT2D eigenvalue weighted by molar-refractivity contribution is 9.14. The largest absolute Gasteiger partial charge is 0.468 e. The molecule has 2 rings (SSSR count). The molecule has 4 nitrogen and oxygen atoms in total. The Bertz CT molecular complexity index is 795. The maximum atomic E-state index is 12.9. The maximum Gasteiger partial charge on any atom is 0.322 e. The zero-order valence-electron chi connectivity index (χ0n) is 13.0. The van der Waals surface area contributed by atoms with Gasteiger partial charge in [0.2, 0.25) is 0 Å². The van der Waals surface area contributed by atoms with Gasteiger partial charge in [-0.25, -0.2) is 0 Å². The Hall–Kier alpha value is -0.540. The number of hydrogen-bond donors (Lipinski definition) is 1. The van der Waals surface area contributed by atoms with Crippen LogP contribution in [0.15, 0.2) is 48.2 Å². The van der Waals surface area contributed by atoms with Crippen molar-refractivity contribution in [3.05, 3.63) is 64.9 Å². The molecule has 1 unspecified atom stereocenters. The van der Waals surface area contributed by atoms with Crippen LogP contribution >= 0.6 is 63.7 Å². The lowest BCUT2D eigenvalue weighted by atomic mass is 9.99. The zero-order valence-corrected chi connectivity index (χ0v) is 19.3. The van der Waals surface area contributed by atoms with E-state index in [1.807, 2.05) is 18.2 Å². The van der Waals surface area contributed by atoms with Crippen LogP contribution in [-0.4, -0.2) is 24.9 Å². The number of carbonyl (C=O) groups excluding carboxylic acids is 2. The van der Waals surface area contributed by atoms with E-state index < -0.39 is 12.0 Å². The van der Waals surface area contributed by atoms with E-state index in [-0.39, 0.29) is 12.2 Å². The quantitative estimate of drug-likeness (QED) is 0.299. The molecule has 0 heterocycles. The molecule has 0 bridgehead atoms. The predicted octanol–water partition coefficient (Wildman–Crippen LogP) is 5.01. The monoisotopic (exact) mass is 595 g/mol. The third-order valence-corrected chi connectivity index (χ3v) is 7.95. The molecule has 132 valence electrons. The second kappa shape index (κ2) is 8.90. The van der Waals surface area contributed by atoms with Gasteiger partial charge in [-0.15, -0.1) is 0 Å². The topological polar surface area (TPSA) is 69.4 Å². The zero-order chi connectivity index (χ0) is 18.7. The number of nitrogens with two attached hydrogens (primary N) is 1. The second-order valence-electron chi connectivity index (χ2n) is 5.14. The molecule has 25 heavy (non-hydrogen) atoms. The highest BCUT2D eigenvalue weighted by Gasteiger charge is 2.26. The van der Waals surface area contributed by atoms with Crippen LogP contribution in [-0.2, 0) is 16.0 Å². The smallest absolute Gasteiger partial charge is 0.322 e. The van der Waals surface area contributed by atoms with E-state index in [0.717, 1.165) is 5.56 Å². The van der Waals surface area contributed by atoms with E-state index in [1.54, 1.807) is 12.1 Å². The molecule has 0 amide bonds. The lowest BCUT2D eigenvalue weighted by Crippen LogP contribution is -2.34. The van der Waals surface area contributed by atoms with Gasteiger partial charge in [0.05, 0.1) is 12.7 Å². The third-order valence-electron chi connectivity index (χ3n) is 3.55. The molecule has 0 aliphatic rings. The second-order valence-corrected chi connectivity index (χ2v) is 8.31. The van der Waals surface area contributed by atoms with E-state index in [0.29, 0.717) is 29.0 Å². The van der Waals surface area contributed by atoms with E-state index in [4.69, 9.17) is 5.73 Å². The summed E-state index contributed by atoms with van der Waals surface area (Å²) < 4.78 is 7.15. The predicted molar refractivity (Wildman–Crippen MR) is 111 cm³/mol. The van der Waals surface area contributed by atoms with Crippen molar-refractivity contribution in [3.63, 3.8) is 0 Å². The van der Waals surface area contributed by atoms with Gasteiger partial charge in [0.15, 0.2) is 5.78 Å². The van der Waals surface area contributed by atoms with Crippen LogP contribution in [0.4, 0.5) is 0 Å². The first-order valence-corrected chi connectivity index (χ1v) is 10.2. The first kappa shape index (κ1) is 20.8. The molecule has 0 radical (unpaired) electrons. The van der Waals surface area contributed by atoms with Crippen LogP contribution in [0.5, 0.6) is 0 Å². The first-order valence-electron chi connectivity index (χ1n) is 7.07. The summed E-state index contributed by atoms with van der Waals surface area (Å²) in [5, 5.41) is 0. The van der Waals surface area contributed by atoms with Gasteiger partial charge >= 0.3 is 5.97 Å². The fourth-order valence-electron chi connectivity index (χ4n) is 2.24. The molecule has 0 aromatic heterocycles. The van der Waals surface area contributed by atoms with E-state index in [1.165, 1.54) is 7.11 Å². The molecule has 0 fully saturated rings. The Morgan fingerprint density at radius 1 is 1.00 bits per heavy atom. The van der Waals surface area contributed by atoms with E-state index in [9.17, 15) is 9.59 Å². The average molecular weight is 599 g/mol. The lowest BCUT2D eigenvalue weighted by Gasteiger charge is -2.18. The summed E-state index contributed by atoms with van der Waals surface area (Å²) in [5.41, 5.74) is 7.67. The molecule has 0 saturated heterocycles. The number of halogens is 4. The Kier molecular flexibility index (Phi) is 7.40. The van der Waals surface area contributed by atoms with Crippen molar-refractivity contribution in [2.75, 3.05) is 7.11 Å². The highest BCUT2D eigenvalue weighted by atomic mass is 79.9. The van der Waals surface area contributed by atoms with E-state index in [2.05, 4.69) is 68.5 Å². The van der Waals surface area contributed by atoms with E-state index >= 15 is 0 Å².